The average Bonchev–Trinajstić information content (AvgIpc) is 3.25. The van der Waals surface area contributed by atoms with Crippen LogP contribution in [0, 0.1) is 0 Å². The molecule has 0 aliphatic heterocycles. The lowest BCUT2D eigenvalue weighted by Gasteiger charge is -2.05. The summed E-state index contributed by atoms with van der Waals surface area (Å²) in [5, 5.41) is 0. The van der Waals surface area contributed by atoms with E-state index in [2.05, 4.69) is 19.9 Å². The van der Waals surface area contributed by atoms with Gasteiger partial charge < -0.3 is 9.72 Å². The van der Waals surface area contributed by atoms with E-state index < -0.39 is 0 Å². The number of nitrogens with zero attached hydrogens (tertiary/aromatic N) is 5. The number of ether oxygens (including phenoxy) is 1. The van der Waals surface area contributed by atoms with E-state index in [0.717, 1.165) is 6.42 Å². The van der Waals surface area contributed by atoms with Crippen LogP contribution in [0.2, 0.25) is 0 Å². The van der Waals surface area contributed by atoms with Crippen molar-refractivity contribution < 1.29 is 4.74 Å². The van der Waals surface area contributed by atoms with E-state index in [4.69, 9.17) is 4.74 Å². The summed E-state index contributed by atoms with van der Waals surface area (Å²) in [5.41, 5.74) is 1.51. The molecule has 4 heterocycles. The SMILES string of the molecule is CCCn1c(=O)c2[nH]c(-c3ccc(OC)cn3)nc2n2ccnc12. The van der Waals surface area contributed by atoms with Crippen LogP contribution in [0.15, 0.2) is 35.5 Å². The van der Waals surface area contributed by atoms with Crippen LogP contribution < -0.4 is 10.3 Å². The Kier molecular flexibility index (Phi) is 3.30. The van der Waals surface area contributed by atoms with Gasteiger partial charge in [0.1, 0.15) is 11.4 Å². The Morgan fingerprint density at radius 3 is 2.88 bits per heavy atom. The molecule has 0 aliphatic rings. The normalized spacial score (nSPS) is 11.4. The summed E-state index contributed by atoms with van der Waals surface area (Å²) in [6.07, 6.45) is 5.93. The van der Waals surface area contributed by atoms with Gasteiger partial charge in [0, 0.05) is 18.9 Å². The number of rotatable bonds is 4. The van der Waals surface area contributed by atoms with Gasteiger partial charge in [-0.05, 0) is 18.6 Å². The van der Waals surface area contributed by atoms with Gasteiger partial charge in [-0.2, -0.15) is 0 Å². The first-order valence-corrected chi connectivity index (χ1v) is 7.69. The molecule has 0 spiro atoms. The lowest BCUT2D eigenvalue weighted by Crippen LogP contribution is -2.23. The molecule has 4 aromatic heterocycles. The van der Waals surface area contributed by atoms with Crippen molar-refractivity contribution >= 4 is 16.9 Å². The molecular formula is C16H16N6O2. The summed E-state index contributed by atoms with van der Waals surface area (Å²) >= 11 is 0. The molecule has 1 N–H and O–H groups in total. The number of aryl methyl sites for hydroxylation is 1. The first-order valence-electron chi connectivity index (χ1n) is 7.69. The number of methoxy groups -OCH3 is 1. The maximum absolute atomic E-state index is 12.8. The van der Waals surface area contributed by atoms with Crippen LogP contribution in [0.25, 0.3) is 28.5 Å². The molecule has 0 aromatic carbocycles. The van der Waals surface area contributed by atoms with Crippen molar-refractivity contribution in [3.8, 4) is 17.3 Å². The fourth-order valence-corrected chi connectivity index (χ4v) is 2.76. The second-order valence-electron chi connectivity index (χ2n) is 5.42. The molecule has 24 heavy (non-hydrogen) atoms. The number of H-pyrrole nitrogens is 1. The van der Waals surface area contributed by atoms with Crippen LogP contribution >= 0.6 is 0 Å². The molecule has 0 fully saturated rings. The summed E-state index contributed by atoms with van der Waals surface area (Å²) in [4.78, 5) is 29.0. The van der Waals surface area contributed by atoms with Crippen LogP contribution in [0.1, 0.15) is 13.3 Å². The average molecular weight is 324 g/mol. The van der Waals surface area contributed by atoms with Gasteiger partial charge in [-0.25, -0.2) is 15.0 Å². The molecule has 0 atom stereocenters. The number of hydrogen-bond donors (Lipinski definition) is 1. The van der Waals surface area contributed by atoms with E-state index in [1.165, 1.54) is 0 Å². The minimum atomic E-state index is -0.127. The molecule has 0 amide bonds. The van der Waals surface area contributed by atoms with E-state index >= 15 is 0 Å². The minimum absolute atomic E-state index is 0.127. The van der Waals surface area contributed by atoms with Crippen molar-refractivity contribution in [2.75, 3.05) is 7.11 Å². The zero-order valence-corrected chi connectivity index (χ0v) is 13.4. The molecule has 4 aromatic rings. The summed E-state index contributed by atoms with van der Waals surface area (Å²) < 4.78 is 8.59. The van der Waals surface area contributed by atoms with E-state index in [-0.39, 0.29) is 5.56 Å². The van der Waals surface area contributed by atoms with Crippen molar-refractivity contribution in [1.82, 2.24) is 28.9 Å². The molecule has 4 rings (SSSR count). The van der Waals surface area contributed by atoms with Gasteiger partial charge in [0.25, 0.3) is 5.56 Å². The number of hydrogen-bond acceptors (Lipinski definition) is 5. The van der Waals surface area contributed by atoms with Gasteiger partial charge in [-0.15, -0.1) is 0 Å². The number of nitrogens with one attached hydrogen (secondary N) is 1. The molecule has 0 saturated carbocycles. The quantitative estimate of drug-likeness (QED) is 0.619. The Morgan fingerprint density at radius 2 is 2.17 bits per heavy atom. The predicted molar refractivity (Wildman–Crippen MR) is 89.2 cm³/mol. The van der Waals surface area contributed by atoms with Crippen molar-refractivity contribution in [2.45, 2.75) is 19.9 Å². The van der Waals surface area contributed by atoms with E-state index in [1.807, 2.05) is 11.3 Å². The third-order valence-electron chi connectivity index (χ3n) is 3.90. The molecule has 8 nitrogen and oxygen atoms in total. The van der Waals surface area contributed by atoms with Crippen molar-refractivity contribution in [2.24, 2.45) is 0 Å². The Bertz CT molecular complexity index is 1070. The Hall–Kier alpha value is -3.16. The molecule has 0 radical (unpaired) electrons. The fourth-order valence-electron chi connectivity index (χ4n) is 2.76. The topological polar surface area (TPSA) is 90.1 Å². The number of imidazole rings is 2. The van der Waals surface area contributed by atoms with Crippen molar-refractivity contribution in [3.63, 3.8) is 0 Å². The Morgan fingerprint density at radius 1 is 1.29 bits per heavy atom. The largest absolute Gasteiger partial charge is 0.495 e. The highest BCUT2D eigenvalue weighted by atomic mass is 16.5. The second kappa shape index (κ2) is 5.48. The van der Waals surface area contributed by atoms with E-state index in [9.17, 15) is 4.79 Å². The van der Waals surface area contributed by atoms with Gasteiger partial charge in [-0.1, -0.05) is 6.92 Å². The summed E-state index contributed by atoms with van der Waals surface area (Å²) in [6.45, 7) is 2.63. The number of aromatic amines is 1. The molecular weight excluding hydrogens is 308 g/mol. The Balaban J connectivity index is 1.97. The number of pyridine rings is 1. The zero-order chi connectivity index (χ0) is 16.7. The van der Waals surface area contributed by atoms with Crippen molar-refractivity contribution in [3.05, 3.63) is 41.1 Å². The van der Waals surface area contributed by atoms with Crippen LogP contribution in [0.4, 0.5) is 0 Å². The first kappa shape index (κ1) is 14.4. The van der Waals surface area contributed by atoms with Gasteiger partial charge in [0.05, 0.1) is 13.3 Å². The first-order chi connectivity index (χ1) is 11.7. The second-order valence-corrected chi connectivity index (χ2v) is 5.42. The highest BCUT2D eigenvalue weighted by Crippen LogP contribution is 2.20. The molecule has 8 heteroatoms. The maximum atomic E-state index is 12.8. The Labute approximate surface area is 136 Å². The highest BCUT2D eigenvalue weighted by Gasteiger charge is 2.16. The van der Waals surface area contributed by atoms with Crippen LogP contribution in [0.3, 0.4) is 0 Å². The van der Waals surface area contributed by atoms with Crippen molar-refractivity contribution in [1.29, 1.82) is 0 Å². The van der Waals surface area contributed by atoms with Gasteiger partial charge in [0.15, 0.2) is 17.0 Å². The summed E-state index contributed by atoms with van der Waals surface area (Å²) in [6, 6.07) is 3.60. The van der Waals surface area contributed by atoms with Crippen LogP contribution in [-0.4, -0.2) is 36.0 Å². The fraction of sp³-hybridized carbons (Fsp3) is 0.250. The molecule has 122 valence electrons. The lowest BCUT2D eigenvalue weighted by atomic mass is 10.3. The number of aromatic nitrogens is 6. The van der Waals surface area contributed by atoms with E-state index in [0.29, 0.717) is 40.8 Å². The lowest BCUT2D eigenvalue weighted by molar-refractivity contribution is 0.413. The molecule has 0 unspecified atom stereocenters. The summed E-state index contributed by atoms with van der Waals surface area (Å²) in [5.74, 6) is 1.79. The van der Waals surface area contributed by atoms with Gasteiger partial charge in [0.2, 0.25) is 5.78 Å². The molecule has 0 aliphatic carbocycles. The predicted octanol–water partition coefficient (Wildman–Crippen LogP) is 1.85. The highest BCUT2D eigenvalue weighted by molar-refractivity contribution is 5.76. The standard InChI is InChI=1S/C16H16N6O2/c1-3-7-22-15(23)12-14(21-8-6-17-16(21)22)20-13(19-12)11-5-4-10(24-2)9-18-11/h4-6,8-9H,3,7H2,1-2H3,(H,19,20). The minimum Gasteiger partial charge on any atom is -0.495 e. The number of fused-ring (bicyclic) bond motifs is 3. The molecule has 0 bridgehead atoms. The van der Waals surface area contributed by atoms with Crippen LogP contribution in [-0.2, 0) is 6.54 Å². The maximum Gasteiger partial charge on any atom is 0.280 e. The smallest absolute Gasteiger partial charge is 0.280 e. The zero-order valence-electron chi connectivity index (χ0n) is 13.4. The third-order valence-corrected chi connectivity index (χ3v) is 3.90. The van der Waals surface area contributed by atoms with Gasteiger partial charge >= 0.3 is 0 Å². The summed E-state index contributed by atoms with van der Waals surface area (Å²) in [7, 11) is 1.59. The van der Waals surface area contributed by atoms with Gasteiger partial charge in [-0.3, -0.25) is 13.8 Å². The van der Waals surface area contributed by atoms with E-state index in [1.54, 1.807) is 42.4 Å². The monoisotopic (exact) mass is 324 g/mol. The third kappa shape index (κ3) is 2.07. The van der Waals surface area contributed by atoms with Crippen LogP contribution in [0.5, 0.6) is 5.75 Å². The molecule has 0 saturated heterocycles.